The summed E-state index contributed by atoms with van der Waals surface area (Å²) in [7, 11) is 0. The van der Waals surface area contributed by atoms with Gasteiger partial charge in [-0.05, 0) is 51.7 Å². The lowest BCUT2D eigenvalue weighted by Gasteiger charge is -2.37. The Morgan fingerprint density at radius 1 is 1.30 bits per heavy atom. The van der Waals surface area contributed by atoms with Crippen LogP contribution in [0.25, 0.3) is 0 Å². The van der Waals surface area contributed by atoms with Gasteiger partial charge in [0.25, 0.3) is 0 Å². The van der Waals surface area contributed by atoms with Crippen molar-refractivity contribution in [3.63, 3.8) is 0 Å². The summed E-state index contributed by atoms with van der Waals surface area (Å²) in [6.07, 6.45) is 5.54. The molecule has 0 aliphatic carbocycles. The Kier molecular flexibility index (Phi) is 12.9. The number of hydrogen-bond donors (Lipinski definition) is 4. The van der Waals surface area contributed by atoms with Gasteiger partial charge in [-0.3, -0.25) is 9.59 Å². The van der Waals surface area contributed by atoms with Gasteiger partial charge < -0.3 is 44.5 Å². The second-order valence-corrected chi connectivity index (χ2v) is 13.8. The van der Waals surface area contributed by atoms with Crippen LogP contribution in [0.2, 0.25) is 0 Å². The zero-order valence-corrected chi connectivity index (χ0v) is 29.0. The maximum atomic E-state index is 13.2. The molecule has 3 rings (SSSR count). The van der Waals surface area contributed by atoms with Gasteiger partial charge in [-0.25, -0.2) is 4.79 Å². The fraction of sp³-hybridized carbons (Fsp3) is 0.743. The zero-order valence-electron chi connectivity index (χ0n) is 33.0. The number of cyclic esters (lactones) is 1. The number of allylic oxidation sites excluding steroid dienone is 2. The molecule has 0 spiro atoms. The van der Waals surface area contributed by atoms with Crippen molar-refractivity contribution in [3.8, 4) is 0 Å². The molecule has 0 unspecified atom stereocenters. The average Bonchev–Trinajstić information content (AvgIpc) is 3.86. The number of nitrogens with zero attached hydrogens (tertiary/aromatic N) is 1. The highest BCUT2D eigenvalue weighted by molar-refractivity contribution is 5.71. The summed E-state index contributed by atoms with van der Waals surface area (Å²) >= 11 is 0. The number of carbonyl (C=O) groups excluding carboxylic acids is 3. The van der Waals surface area contributed by atoms with E-state index in [0.29, 0.717) is 44.6 Å². The van der Waals surface area contributed by atoms with E-state index >= 15 is 0 Å². The number of nitrogens with one attached hydrogen (secondary N) is 1. The fourth-order valence-electron chi connectivity index (χ4n) is 6.26. The molecule has 12 heteroatoms. The number of amides is 1. The Bertz CT molecular complexity index is 1180. The van der Waals surface area contributed by atoms with Gasteiger partial charge in [0.1, 0.15) is 11.7 Å². The number of hydrogen-bond acceptors (Lipinski definition) is 11. The SMILES string of the molecule is CC[C@H](O)[C@@H](C)[C@H]1O[C@@H]1C[C@@](C)(O)/C=C/C=C(\C)[C@H]1OC(=O)C[C@H](O)CC[C@@](C)(OC(C)=O)[C@@H](OC(=O)N2CCNCC2)/C=C/[C@@H]1C.[2H][2H].[2H][2H]. The minimum absolute atomic E-state index is 0.0205. The van der Waals surface area contributed by atoms with Gasteiger partial charge in [0.15, 0.2) is 6.10 Å². The minimum atomic E-state index is -1.30. The van der Waals surface area contributed by atoms with Gasteiger partial charge in [0.05, 0.1) is 36.4 Å². The van der Waals surface area contributed by atoms with Crippen molar-refractivity contribution in [2.45, 2.75) is 128 Å². The summed E-state index contributed by atoms with van der Waals surface area (Å²) in [6, 6.07) is 0. The molecule has 0 aromatic heterocycles. The van der Waals surface area contributed by atoms with Gasteiger partial charge in [-0.2, -0.15) is 0 Å². The molecular formula is C35H60N2O10. The first-order chi connectivity index (χ1) is 24.0. The second-order valence-electron chi connectivity index (χ2n) is 13.8. The Morgan fingerprint density at radius 3 is 2.62 bits per heavy atom. The first-order valence-corrected chi connectivity index (χ1v) is 16.9. The van der Waals surface area contributed by atoms with Crippen LogP contribution in [0.1, 0.15) is 86.5 Å². The molecule has 0 bridgehead atoms. The van der Waals surface area contributed by atoms with Crippen LogP contribution >= 0.6 is 0 Å². The second kappa shape index (κ2) is 17.1. The lowest BCUT2D eigenvalue weighted by atomic mass is 9.88. The summed E-state index contributed by atoms with van der Waals surface area (Å²) in [5.74, 6) is -1.57. The van der Waals surface area contributed by atoms with E-state index in [4.69, 9.17) is 24.9 Å². The van der Waals surface area contributed by atoms with Crippen molar-refractivity contribution in [2.75, 3.05) is 26.2 Å². The van der Waals surface area contributed by atoms with E-state index in [-0.39, 0.29) is 37.4 Å². The van der Waals surface area contributed by atoms with Crippen LogP contribution in [0.15, 0.2) is 36.0 Å². The molecule has 0 saturated carbocycles. The van der Waals surface area contributed by atoms with Crippen molar-refractivity contribution in [1.29, 1.82) is 0 Å². The Labute approximate surface area is 285 Å². The monoisotopic (exact) mass is 672 g/mol. The standard InChI is InChI=1S/C35H56N2O10.2H2/c1-8-27(40)24(4)32-28(44-32)21-34(6,43)14-9-10-22(2)31-23(3)11-12-29(45-33(42)37-18-16-36-17-19-37)35(7,47-25(5)38)15-13-26(39)20-30(41)46-31;;/h9-12,14,23-24,26-29,31-32,36,39-40,43H,8,13,15-21H2,1-7H3;2*1H/b12-11+,14-9+,22-10+;;/t23-,24+,26+,27-,28+,29-,31+,32+,34-,35+;;/m0../s1/i;2*1+1D. The van der Waals surface area contributed by atoms with Crippen LogP contribution in [0.4, 0.5) is 4.79 Å². The molecule has 3 aliphatic rings. The summed E-state index contributed by atoms with van der Waals surface area (Å²) in [6.45, 7) is 14.4. The van der Waals surface area contributed by atoms with Crippen LogP contribution in [0, 0.1) is 11.8 Å². The Morgan fingerprint density at radius 2 is 1.98 bits per heavy atom. The van der Waals surface area contributed by atoms with Gasteiger partial charge >= 0.3 is 18.0 Å². The molecule has 47 heavy (non-hydrogen) atoms. The van der Waals surface area contributed by atoms with E-state index in [1.54, 1.807) is 49.1 Å². The molecular weight excluding hydrogens is 608 g/mol. The molecule has 0 radical (unpaired) electrons. The number of carbonyl (C=O) groups is 3. The van der Waals surface area contributed by atoms with E-state index in [9.17, 15) is 29.7 Å². The number of ether oxygens (including phenoxy) is 4. The highest BCUT2D eigenvalue weighted by atomic mass is 16.6. The first-order valence-electron chi connectivity index (χ1n) is 18.9. The van der Waals surface area contributed by atoms with Gasteiger partial charge in [-0.1, -0.05) is 45.1 Å². The lowest BCUT2D eigenvalue weighted by molar-refractivity contribution is -0.168. The summed E-state index contributed by atoms with van der Waals surface area (Å²) in [5, 5.41) is 35.1. The number of piperazine rings is 1. The first kappa shape index (κ1) is 35.5. The molecule has 0 aromatic carbocycles. The van der Waals surface area contributed by atoms with Crippen LogP contribution < -0.4 is 5.32 Å². The minimum Gasteiger partial charge on any atom is -0.457 e. The quantitative estimate of drug-likeness (QED) is 0.0879. The fourth-order valence-corrected chi connectivity index (χ4v) is 6.26. The third-order valence-electron chi connectivity index (χ3n) is 9.33. The predicted octanol–water partition coefficient (Wildman–Crippen LogP) is 3.68. The van der Waals surface area contributed by atoms with Gasteiger partial charge in [0, 0.05) is 57.3 Å². The largest absolute Gasteiger partial charge is 0.457 e. The smallest absolute Gasteiger partial charge is 0.410 e. The van der Waals surface area contributed by atoms with Crippen molar-refractivity contribution in [3.05, 3.63) is 36.0 Å². The Balaban J connectivity index is 0.00000313. The number of rotatable bonds is 10. The summed E-state index contributed by atoms with van der Waals surface area (Å²) in [4.78, 5) is 39.9. The molecule has 1 amide bonds. The van der Waals surface area contributed by atoms with E-state index in [2.05, 4.69) is 5.32 Å². The molecule has 10 atom stereocenters. The molecule has 3 aliphatic heterocycles. The van der Waals surface area contributed by atoms with Crippen molar-refractivity contribution >= 4 is 18.0 Å². The number of aliphatic hydroxyl groups excluding tert-OH is 2. The maximum Gasteiger partial charge on any atom is 0.410 e. The number of esters is 2. The van der Waals surface area contributed by atoms with E-state index < -0.39 is 59.6 Å². The van der Waals surface area contributed by atoms with Crippen molar-refractivity contribution in [2.24, 2.45) is 11.8 Å². The molecule has 4 N–H and O–H groups in total. The van der Waals surface area contributed by atoms with Crippen LogP contribution in [0.3, 0.4) is 0 Å². The average molecular weight is 673 g/mol. The van der Waals surface area contributed by atoms with Gasteiger partial charge in [-0.15, -0.1) is 0 Å². The predicted molar refractivity (Wildman–Crippen MR) is 179 cm³/mol. The molecule has 2 saturated heterocycles. The van der Waals surface area contributed by atoms with E-state index in [1.165, 1.54) is 6.92 Å². The van der Waals surface area contributed by atoms with E-state index in [1.807, 2.05) is 27.7 Å². The summed E-state index contributed by atoms with van der Waals surface area (Å²) in [5.41, 5.74) is -1.79. The molecule has 0 aromatic rings. The maximum absolute atomic E-state index is 13.2. The third-order valence-corrected chi connectivity index (χ3v) is 9.33. The number of aliphatic hydroxyl groups is 3. The lowest BCUT2D eigenvalue weighted by Crippen LogP contribution is -2.51. The Hall–Kier alpha value is -2.77. The van der Waals surface area contributed by atoms with Crippen molar-refractivity contribution in [1.82, 2.24) is 10.2 Å². The topological polar surface area (TPSA) is 167 Å². The zero-order chi connectivity index (χ0) is 38.9. The summed E-state index contributed by atoms with van der Waals surface area (Å²) < 4.78 is 43.3. The van der Waals surface area contributed by atoms with Crippen LogP contribution in [-0.2, 0) is 28.5 Å². The molecule has 12 nitrogen and oxygen atoms in total. The molecule has 270 valence electrons. The number of epoxide rings is 1. The van der Waals surface area contributed by atoms with Crippen molar-refractivity contribution < 1.29 is 54.6 Å². The third kappa shape index (κ3) is 11.7. The van der Waals surface area contributed by atoms with Gasteiger partial charge in [0.2, 0.25) is 0 Å². The highest BCUT2D eigenvalue weighted by Crippen LogP contribution is 2.37. The molecule has 2 fully saturated rings. The normalized spacial score (nSPS) is 34.6. The van der Waals surface area contributed by atoms with Crippen LogP contribution in [-0.4, -0.2) is 112 Å². The molecule has 3 heterocycles. The van der Waals surface area contributed by atoms with E-state index in [0.717, 1.165) is 0 Å². The van der Waals surface area contributed by atoms with Crippen LogP contribution in [0.5, 0.6) is 0 Å². The highest BCUT2D eigenvalue weighted by Gasteiger charge is 2.47.